The van der Waals surface area contributed by atoms with E-state index in [-0.39, 0.29) is 16.5 Å². The Hall–Kier alpha value is -0.550. The van der Waals surface area contributed by atoms with Gasteiger partial charge in [0.15, 0.2) is 0 Å². The van der Waals surface area contributed by atoms with Gasteiger partial charge in [-0.3, -0.25) is 0 Å². The Kier molecular flexibility index (Phi) is 5.22. The van der Waals surface area contributed by atoms with Crippen LogP contribution in [0.3, 0.4) is 0 Å². The molecule has 1 N–H and O–H groups in total. The minimum Gasteiger partial charge on any atom is -0.211 e. The third-order valence-electron chi connectivity index (χ3n) is 2.50. The maximum absolute atomic E-state index is 12.2. The zero-order chi connectivity index (χ0) is 13.9. The molecule has 0 aromatic heterocycles. The molecule has 0 atom stereocenters. The Morgan fingerprint density at radius 3 is 2.56 bits per heavy atom. The smallest absolute Gasteiger partial charge is 0.211 e. The van der Waals surface area contributed by atoms with Gasteiger partial charge in [0, 0.05) is 11.6 Å². The molecule has 3 nitrogen and oxygen atoms in total. The van der Waals surface area contributed by atoms with Gasteiger partial charge in [-0.1, -0.05) is 29.3 Å². The van der Waals surface area contributed by atoms with Crippen molar-refractivity contribution in [3.05, 3.63) is 39.9 Å². The number of halogens is 2. The molecule has 0 aliphatic rings. The molecule has 0 saturated carbocycles. The Labute approximate surface area is 118 Å². The third kappa shape index (κ3) is 3.26. The van der Waals surface area contributed by atoms with E-state index in [1.807, 2.05) is 0 Å². The Bertz CT molecular complexity index is 542. The summed E-state index contributed by atoms with van der Waals surface area (Å²) in [5.74, 6) is 0. The SMILES string of the molecule is C=CCCNS(=O)(=O)c1c(C)c(Cl)cc(C)c1Cl. The fourth-order valence-electron chi connectivity index (χ4n) is 1.50. The summed E-state index contributed by atoms with van der Waals surface area (Å²) < 4.78 is 26.8. The molecule has 0 amide bonds. The molecule has 0 saturated heterocycles. The largest absolute Gasteiger partial charge is 0.242 e. The van der Waals surface area contributed by atoms with Crippen molar-refractivity contribution >= 4 is 33.2 Å². The third-order valence-corrected chi connectivity index (χ3v) is 5.12. The summed E-state index contributed by atoms with van der Waals surface area (Å²) in [6.07, 6.45) is 2.19. The number of rotatable bonds is 5. The molecular weight excluding hydrogens is 293 g/mol. The molecule has 100 valence electrons. The van der Waals surface area contributed by atoms with Crippen LogP contribution < -0.4 is 4.72 Å². The maximum Gasteiger partial charge on any atom is 0.242 e. The van der Waals surface area contributed by atoms with E-state index in [1.54, 1.807) is 26.0 Å². The molecular formula is C12H15Cl2NO2S. The van der Waals surface area contributed by atoms with Gasteiger partial charge in [-0.2, -0.15) is 0 Å². The van der Waals surface area contributed by atoms with Crippen LogP contribution in [0.2, 0.25) is 10.0 Å². The van der Waals surface area contributed by atoms with Gasteiger partial charge in [0.1, 0.15) is 4.90 Å². The highest BCUT2D eigenvalue weighted by Crippen LogP contribution is 2.33. The van der Waals surface area contributed by atoms with Crippen LogP contribution in [0.15, 0.2) is 23.6 Å². The molecule has 1 aromatic rings. The summed E-state index contributed by atoms with van der Waals surface area (Å²) in [7, 11) is -3.65. The lowest BCUT2D eigenvalue weighted by atomic mass is 10.2. The molecule has 0 radical (unpaired) electrons. The Morgan fingerprint density at radius 2 is 2.00 bits per heavy atom. The van der Waals surface area contributed by atoms with E-state index in [4.69, 9.17) is 23.2 Å². The Morgan fingerprint density at radius 1 is 1.39 bits per heavy atom. The summed E-state index contributed by atoms with van der Waals surface area (Å²) >= 11 is 12.1. The zero-order valence-electron chi connectivity index (χ0n) is 10.3. The van der Waals surface area contributed by atoms with Crippen molar-refractivity contribution in [2.45, 2.75) is 25.2 Å². The van der Waals surface area contributed by atoms with Gasteiger partial charge in [-0.15, -0.1) is 6.58 Å². The van der Waals surface area contributed by atoms with E-state index in [9.17, 15) is 8.42 Å². The topological polar surface area (TPSA) is 46.2 Å². The maximum atomic E-state index is 12.2. The number of nitrogens with one attached hydrogen (secondary N) is 1. The summed E-state index contributed by atoms with van der Waals surface area (Å²) in [4.78, 5) is 0.0539. The zero-order valence-corrected chi connectivity index (χ0v) is 12.6. The van der Waals surface area contributed by atoms with Crippen LogP contribution in [0.1, 0.15) is 17.5 Å². The molecule has 1 aromatic carbocycles. The molecule has 1 rings (SSSR count). The number of aryl methyl sites for hydroxylation is 1. The van der Waals surface area contributed by atoms with Crippen LogP contribution in [0.4, 0.5) is 0 Å². The molecule has 0 heterocycles. The second-order valence-corrected chi connectivity index (χ2v) is 6.41. The summed E-state index contributed by atoms with van der Waals surface area (Å²) in [5, 5.41) is 0.601. The first-order valence-corrected chi connectivity index (χ1v) is 7.61. The predicted molar refractivity (Wildman–Crippen MR) is 75.9 cm³/mol. The van der Waals surface area contributed by atoms with Gasteiger partial charge < -0.3 is 0 Å². The fraction of sp³-hybridized carbons (Fsp3) is 0.333. The normalized spacial score (nSPS) is 11.6. The highest BCUT2D eigenvalue weighted by molar-refractivity contribution is 7.89. The van der Waals surface area contributed by atoms with Crippen molar-refractivity contribution in [1.82, 2.24) is 4.72 Å². The van der Waals surface area contributed by atoms with Crippen LogP contribution in [0.25, 0.3) is 0 Å². The second-order valence-electron chi connectivity index (χ2n) is 3.92. The minimum absolute atomic E-state index is 0.0539. The minimum atomic E-state index is -3.65. The van der Waals surface area contributed by atoms with Crippen LogP contribution in [0, 0.1) is 13.8 Å². The quantitative estimate of drug-likeness (QED) is 0.669. The van der Waals surface area contributed by atoms with Crippen molar-refractivity contribution in [2.75, 3.05) is 6.54 Å². The monoisotopic (exact) mass is 307 g/mol. The lowest BCUT2D eigenvalue weighted by molar-refractivity contribution is 0.581. The number of hydrogen-bond donors (Lipinski definition) is 1. The van der Waals surface area contributed by atoms with Crippen molar-refractivity contribution in [2.24, 2.45) is 0 Å². The van der Waals surface area contributed by atoms with Crippen LogP contribution >= 0.6 is 23.2 Å². The van der Waals surface area contributed by atoms with E-state index in [1.165, 1.54) is 0 Å². The first-order valence-electron chi connectivity index (χ1n) is 5.37. The number of hydrogen-bond acceptors (Lipinski definition) is 2. The van der Waals surface area contributed by atoms with Crippen LogP contribution in [0.5, 0.6) is 0 Å². The van der Waals surface area contributed by atoms with E-state index in [0.29, 0.717) is 22.6 Å². The van der Waals surface area contributed by atoms with E-state index < -0.39 is 10.0 Å². The Balaban J connectivity index is 3.28. The highest BCUT2D eigenvalue weighted by Gasteiger charge is 2.23. The highest BCUT2D eigenvalue weighted by atomic mass is 35.5. The van der Waals surface area contributed by atoms with Crippen molar-refractivity contribution in [1.29, 1.82) is 0 Å². The standard InChI is InChI=1S/C12H15Cl2NO2S/c1-4-5-6-15-18(16,17)12-9(3)10(13)7-8(2)11(12)14/h4,7,15H,1,5-6H2,2-3H3. The molecule has 0 unspecified atom stereocenters. The first kappa shape index (κ1) is 15.5. The van der Waals surface area contributed by atoms with Gasteiger partial charge in [-0.25, -0.2) is 13.1 Å². The van der Waals surface area contributed by atoms with Gasteiger partial charge >= 0.3 is 0 Å². The van der Waals surface area contributed by atoms with Gasteiger partial charge in [0.2, 0.25) is 10.0 Å². The average Bonchev–Trinajstić information content (AvgIpc) is 2.26. The first-order chi connectivity index (χ1) is 8.31. The molecule has 6 heteroatoms. The molecule has 0 spiro atoms. The van der Waals surface area contributed by atoms with Crippen molar-refractivity contribution in [3.63, 3.8) is 0 Å². The lowest BCUT2D eigenvalue weighted by Crippen LogP contribution is -2.25. The van der Waals surface area contributed by atoms with Gasteiger partial charge in [0.25, 0.3) is 0 Å². The van der Waals surface area contributed by atoms with Gasteiger partial charge in [-0.05, 0) is 37.5 Å². The molecule has 0 fully saturated rings. The molecule has 18 heavy (non-hydrogen) atoms. The number of benzene rings is 1. The fourth-order valence-corrected chi connectivity index (χ4v) is 3.76. The average molecular weight is 308 g/mol. The molecule has 0 bridgehead atoms. The van der Waals surface area contributed by atoms with E-state index in [0.717, 1.165) is 0 Å². The van der Waals surface area contributed by atoms with E-state index in [2.05, 4.69) is 11.3 Å². The summed E-state index contributed by atoms with van der Waals surface area (Å²) in [5.41, 5.74) is 1.09. The summed E-state index contributed by atoms with van der Waals surface area (Å²) in [6, 6.07) is 1.65. The second kappa shape index (κ2) is 6.06. The molecule has 0 aliphatic heterocycles. The van der Waals surface area contributed by atoms with Crippen LogP contribution in [-0.2, 0) is 10.0 Å². The van der Waals surface area contributed by atoms with Crippen LogP contribution in [-0.4, -0.2) is 15.0 Å². The number of sulfonamides is 1. The van der Waals surface area contributed by atoms with Crippen molar-refractivity contribution < 1.29 is 8.42 Å². The van der Waals surface area contributed by atoms with E-state index >= 15 is 0 Å². The van der Waals surface area contributed by atoms with Crippen molar-refractivity contribution in [3.8, 4) is 0 Å². The predicted octanol–water partition coefficient (Wildman–Crippen LogP) is 3.46. The lowest BCUT2D eigenvalue weighted by Gasteiger charge is -2.13. The molecule has 0 aliphatic carbocycles. The summed E-state index contributed by atoms with van der Waals surface area (Å²) in [6.45, 7) is 7.17. The van der Waals surface area contributed by atoms with Gasteiger partial charge in [0.05, 0.1) is 5.02 Å².